The molecule has 2 aromatic heterocycles. The highest BCUT2D eigenvalue weighted by Gasteiger charge is 2.22. The number of aryl methyl sites for hydroxylation is 1. The average molecular weight is 312 g/mol. The topological polar surface area (TPSA) is 61.0 Å². The predicted octanol–water partition coefficient (Wildman–Crippen LogP) is 2.37. The molecule has 1 fully saturated rings. The summed E-state index contributed by atoms with van der Waals surface area (Å²) in [7, 11) is 0. The van der Waals surface area contributed by atoms with Crippen LogP contribution in [0.5, 0.6) is 0 Å². The summed E-state index contributed by atoms with van der Waals surface area (Å²) in [5, 5.41) is 3.16. The first-order chi connectivity index (χ1) is 11.2. The highest BCUT2D eigenvalue weighted by molar-refractivity contribution is 5.92. The van der Waals surface area contributed by atoms with Crippen LogP contribution in [0.15, 0.2) is 36.7 Å². The van der Waals surface area contributed by atoms with Crippen LogP contribution in [0.1, 0.15) is 41.5 Å². The largest absolute Gasteiger partial charge is 0.354 e. The van der Waals surface area contributed by atoms with E-state index in [1.54, 1.807) is 6.20 Å². The lowest BCUT2D eigenvalue weighted by Crippen LogP contribution is -2.47. The Bertz CT molecular complexity index is 637. The summed E-state index contributed by atoms with van der Waals surface area (Å²) in [5.41, 5.74) is 2.97. The maximum Gasteiger partial charge on any atom is 0.267 e. The molecule has 122 valence electrons. The lowest BCUT2D eigenvalue weighted by molar-refractivity contribution is 0.0896. The van der Waals surface area contributed by atoms with Crippen LogP contribution in [0.2, 0.25) is 0 Å². The third-order valence-corrected chi connectivity index (χ3v) is 4.34. The number of carbonyl (C=O) groups is 1. The van der Waals surface area contributed by atoms with Crippen molar-refractivity contribution in [2.75, 3.05) is 13.1 Å². The molecule has 0 aromatic carbocycles. The normalized spacial score (nSPS) is 18.7. The highest BCUT2D eigenvalue weighted by Crippen LogP contribution is 2.14. The number of likely N-dealkylation sites (tertiary alicyclic amines) is 1. The second kappa shape index (κ2) is 7.42. The second-order valence-corrected chi connectivity index (χ2v) is 6.16. The second-order valence-electron chi connectivity index (χ2n) is 6.16. The smallest absolute Gasteiger partial charge is 0.267 e. The summed E-state index contributed by atoms with van der Waals surface area (Å²) in [4.78, 5) is 22.1. The number of H-pyrrole nitrogens is 1. The van der Waals surface area contributed by atoms with Gasteiger partial charge in [0.1, 0.15) is 5.69 Å². The molecule has 1 saturated heterocycles. The fourth-order valence-corrected chi connectivity index (χ4v) is 3.11. The molecule has 0 bridgehead atoms. The molecule has 3 heterocycles. The number of rotatable bonds is 5. The van der Waals surface area contributed by atoms with Crippen molar-refractivity contribution in [3.05, 3.63) is 53.6 Å². The van der Waals surface area contributed by atoms with E-state index in [9.17, 15) is 4.79 Å². The maximum absolute atomic E-state index is 12.3. The van der Waals surface area contributed by atoms with Crippen molar-refractivity contribution < 1.29 is 4.79 Å². The molecular weight excluding hydrogens is 288 g/mol. The Morgan fingerprint density at radius 1 is 1.43 bits per heavy atom. The highest BCUT2D eigenvalue weighted by atomic mass is 16.1. The standard InChI is InChI=1S/C18H24N4O/c1-2-15-7-8-17(20-15)18(23)21-16-6-4-10-22(13-16)12-14-5-3-9-19-11-14/h3,5,7-9,11,16,20H,2,4,6,10,12-13H2,1H3,(H,21,23)/t16-/m1/s1. The Labute approximate surface area is 137 Å². The van der Waals surface area contributed by atoms with E-state index in [0.717, 1.165) is 44.6 Å². The third kappa shape index (κ3) is 4.20. The molecule has 0 spiro atoms. The SMILES string of the molecule is CCc1ccc(C(=O)N[C@@H]2CCCN(Cc3cccnc3)C2)[nH]1. The Hall–Kier alpha value is -2.14. The number of carbonyl (C=O) groups excluding carboxylic acids is 1. The molecule has 2 aromatic rings. The van der Waals surface area contributed by atoms with Crippen molar-refractivity contribution in [3.8, 4) is 0 Å². The molecule has 1 aliphatic rings. The van der Waals surface area contributed by atoms with E-state index in [1.807, 2.05) is 24.4 Å². The van der Waals surface area contributed by atoms with E-state index in [2.05, 4.69) is 33.2 Å². The van der Waals surface area contributed by atoms with Gasteiger partial charge in [0.2, 0.25) is 0 Å². The molecule has 0 radical (unpaired) electrons. The number of nitrogens with one attached hydrogen (secondary N) is 2. The van der Waals surface area contributed by atoms with E-state index in [-0.39, 0.29) is 11.9 Å². The number of pyridine rings is 1. The first-order valence-corrected chi connectivity index (χ1v) is 8.34. The summed E-state index contributed by atoms with van der Waals surface area (Å²) in [6.45, 7) is 4.93. The maximum atomic E-state index is 12.3. The quantitative estimate of drug-likeness (QED) is 0.891. The number of aromatic amines is 1. The lowest BCUT2D eigenvalue weighted by Gasteiger charge is -2.33. The van der Waals surface area contributed by atoms with Gasteiger partial charge in [-0.3, -0.25) is 14.7 Å². The fourth-order valence-electron chi connectivity index (χ4n) is 3.11. The number of hydrogen-bond donors (Lipinski definition) is 2. The van der Waals surface area contributed by atoms with Gasteiger partial charge in [0.25, 0.3) is 5.91 Å². The van der Waals surface area contributed by atoms with Gasteiger partial charge < -0.3 is 10.3 Å². The summed E-state index contributed by atoms with van der Waals surface area (Å²) in [6.07, 6.45) is 6.76. The number of nitrogens with zero attached hydrogens (tertiary/aromatic N) is 2. The summed E-state index contributed by atoms with van der Waals surface area (Å²) >= 11 is 0. The summed E-state index contributed by atoms with van der Waals surface area (Å²) in [6, 6.07) is 8.12. The lowest BCUT2D eigenvalue weighted by atomic mass is 10.0. The van der Waals surface area contributed by atoms with Gasteiger partial charge in [-0.15, -0.1) is 0 Å². The molecule has 3 rings (SSSR count). The number of amides is 1. The number of aromatic nitrogens is 2. The van der Waals surface area contributed by atoms with Crippen LogP contribution < -0.4 is 5.32 Å². The van der Waals surface area contributed by atoms with Crippen molar-refractivity contribution >= 4 is 5.91 Å². The molecule has 23 heavy (non-hydrogen) atoms. The molecule has 0 saturated carbocycles. The van der Waals surface area contributed by atoms with Crippen molar-refractivity contribution in [1.29, 1.82) is 0 Å². The number of piperidine rings is 1. The van der Waals surface area contributed by atoms with Gasteiger partial charge in [0, 0.05) is 37.2 Å². The van der Waals surface area contributed by atoms with Crippen molar-refractivity contribution in [1.82, 2.24) is 20.2 Å². The minimum atomic E-state index is -0.00192. The Balaban J connectivity index is 1.55. The Morgan fingerprint density at radius 3 is 3.09 bits per heavy atom. The van der Waals surface area contributed by atoms with Gasteiger partial charge in [-0.05, 0) is 49.6 Å². The van der Waals surface area contributed by atoms with E-state index in [0.29, 0.717) is 5.69 Å². The van der Waals surface area contributed by atoms with Crippen LogP contribution in [-0.4, -0.2) is 39.9 Å². The molecular formula is C18H24N4O. The predicted molar refractivity (Wildman–Crippen MR) is 90.2 cm³/mol. The minimum Gasteiger partial charge on any atom is -0.354 e. The van der Waals surface area contributed by atoms with Gasteiger partial charge >= 0.3 is 0 Å². The van der Waals surface area contributed by atoms with Crippen LogP contribution in [0.3, 0.4) is 0 Å². The molecule has 5 heteroatoms. The van der Waals surface area contributed by atoms with Crippen LogP contribution in [0.4, 0.5) is 0 Å². The molecule has 0 aliphatic carbocycles. The monoisotopic (exact) mass is 312 g/mol. The van der Waals surface area contributed by atoms with Gasteiger partial charge in [0.05, 0.1) is 0 Å². The van der Waals surface area contributed by atoms with Crippen LogP contribution in [-0.2, 0) is 13.0 Å². The summed E-state index contributed by atoms with van der Waals surface area (Å²) in [5.74, 6) is -0.00192. The van der Waals surface area contributed by atoms with E-state index in [4.69, 9.17) is 0 Å². The molecule has 2 N–H and O–H groups in total. The van der Waals surface area contributed by atoms with Crippen molar-refractivity contribution in [2.24, 2.45) is 0 Å². The summed E-state index contributed by atoms with van der Waals surface area (Å²) < 4.78 is 0. The van der Waals surface area contributed by atoms with Gasteiger partial charge in [-0.1, -0.05) is 13.0 Å². The van der Waals surface area contributed by atoms with Gasteiger partial charge in [-0.25, -0.2) is 0 Å². The van der Waals surface area contributed by atoms with Gasteiger partial charge in [0.15, 0.2) is 0 Å². The zero-order valence-electron chi connectivity index (χ0n) is 13.6. The molecule has 5 nitrogen and oxygen atoms in total. The molecule has 1 amide bonds. The first kappa shape index (κ1) is 15.7. The van der Waals surface area contributed by atoms with Crippen LogP contribution in [0, 0.1) is 0 Å². The fraction of sp³-hybridized carbons (Fsp3) is 0.444. The zero-order chi connectivity index (χ0) is 16.1. The first-order valence-electron chi connectivity index (χ1n) is 8.34. The van der Waals surface area contributed by atoms with Gasteiger partial charge in [-0.2, -0.15) is 0 Å². The minimum absolute atomic E-state index is 0.00192. The average Bonchev–Trinajstić information content (AvgIpc) is 3.05. The molecule has 1 aliphatic heterocycles. The van der Waals surface area contributed by atoms with Crippen molar-refractivity contribution in [3.63, 3.8) is 0 Å². The Morgan fingerprint density at radius 2 is 2.35 bits per heavy atom. The van der Waals surface area contributed by atoms with E-state index >= 15 is 0 Å². The van der Waals surface area contributed by atoms with Crippen LogP contribution in [0.25, 0.3) is 0 Å². The molecule has 0 unspecified atom stereocenters. The van der Waals surface area contributed by atoms with E-state index in [1.165, 1.54) is 5.56 Å². The van der Waals surface area contributed by atoms with Crippen molar-refractivity contribution in [2.45, 2.75) is 38.8 Å². The van der Waals surface area contributed by atoms with E-state index < -0.39 is 0 Å². The zero-order valence-corrected chi connectivity index (χ0v) is 13.6. The van der Waals surface area contributed by atoms with Crippen LogP contribution >= 0.6 is 0 Å². The Kier molecular flexibility index (Phi) is 5.08. The molecule has 1 atom stereocenters. The third-order valence-electron chi connectivity index (χ3n) is 4.34. The number of hydrogen-bond acceptors (Lipinski definition) is 3.